The van der Waals surface area contributed by atoms with Crippen LogP contribution in [0.15, 0.2) is 6.07 Å². The molecule has 0 fully saturated rings. The number of fused-ring (bicyclic) bond motifs is 1. The fourth-order valence-corrected chi connectivity index (χ4v) is 1.23. The average molecular weight is 151 g/mol. The van der Waals surface area contributed by atoms with Crippen LogP contribution in [0.5, 0.6) is 0 Å². The van der Waals surface area contributed by atoms with E-state index in [1.54, 1.807) is 0 Å². The van der Waals surface area contributed by atoms with Gasteiger partial charge in [0.25, 0.3) is 0 Å². The number of carbonyl (C=O) groups is 1. The van der Waals surface area contributed by atoms with E-state index in [0.717, 1.165) is 11.5 Å². The van der Waals surface area contributed by atoms with Crippen LogP contribution in [-0.2, 0) is 11.3 Å². The summed E-state index contributed by atoms with van der Waals surface area (Å²) in [6.07, 6.45) is 0.536. The summed E-state index contributed by atoms with van der Waals surface area (Å²) in [4.78, 5) is 10.9. The summed E-state index contributed by atoms with van der Waals surface area (Å²) >= 11 is 0. The Morgan fingerprint density at radius 1 is 1.73 bits per heavy atom. The van der Waals surface area contributed by atoms with Crippen LogP contribution in [0, 0.1) is 6.92 Å². The second-order valence-corrected chi connectivity index (χ2v) is 2.69. The zero-order valence-electron chi connectivity index (χ0n) is 6.29. The average Bonchev–Trinajstić information content (AvgIpc) is 2.27. The lowest BCUT2D eigenvalue weighted by Gasteiger charge is -2.13. The maximum atomic E-state index is 10.9. The summed E-state index contributed by atoms with van der Waals surface area (Å²) in [5.74, 6) is 0.899. The maximum Gasteiger partial charge on any atom is 0.227 e. The smallest absolute Gasteiger partial charge is 0.227 e. The van der Waals surface area contributed by atoms with Crippen molar-refractivity contribution in [1.82, 2.24) is 9.78 Å². The first-order valence-corrected chi connectivity index (χ1v) is 3.60. The lowest BCUT2D eigenvalue weighted by Crippen LogP contribution is -2.23. The van der Waals surface area contributed by atoms with Gasteiger partial charge in [-0.05, 0) is 6.92 Å². The number of anilines is 1. The molecule has 0 unspecified atom stereocenters. The molecule has 4 heteroatoms. The molecule has 11 heavy (non-hydrogen) atoms. The van der Waals surface area contributed by atoms with Gasteiger partial charge in [0.05, 0.1) is 12.2 Å². The zero-order valence-corrected chi connectivity index (χ0v) is 6.29. The van der Waals surface area contributed by atoms with E-state index in [1.807, 2.05) is 17.7 Å². The second-order valence-electron chi connectivity index (χ2n) is 2.69. The molecule has 58 valence electrons. The van der Waals surface area contributed by atoms with Gasteiger partial charge in [-0.15, -0.1) is 0 Å². The normalized spacial score (nSPS) is 15.9. The van der Waals surface area contributed by atoms with E-state index < -0.39 is 0 Å². The predicted molar refractivity (Wildman–Crippen MR) is 40.2 cm³/mol. The van der Waals surface area contributed by atoms with E-state index in [-0.39, 0.29) is 5.91 Å². The highest BCUT2D eigenvalue weighted by Crippen LogP contribution is 2.14. The van der Waals surface area contributed by atoms with Crippen molar-refractivity contribution in [3.05, 3.63) is 11.8 Å². The minimum absolute atomic E-state index is 0.0809. The molecule has 1 N–H and O–H groups in total. The fourth-order valence-electron chi connectivity index (χ4n) is 1.23. The van der Waals surface area contributed by atoms with Gasteiger partial charge < -0.3 is 5.32 Å². The third kappa shape index (κ3) is 1.00. The number of nitrogens with one attached hydrogen (secondary N) is 1. The first kappa shape index (κ1) is 6.39. The van der Waals surface area contributed by atoms with Crippen LogP contribution < -0.4 is 5.32 Å². The van der Waals surface area contributed by atoms with E-state index in [9.17, 15) is 4.79 Å². The Labute approximate surface area is 64.2 Å². The number of aromatic nitrogens is 2. The van der Waals surface area contributed by atoms with Crippen molar-refractivity contribution >= 4 is 11.7 Å². The van der Waals surface area contributed by atoms with Gasteiger partial charge >= 0.3 is 0 Å². The summed E-state index contributed by atoms with van der Waals surface area (Å²) in [5.41, 5.74) is 0.946. The van der Waals surface area contributed by atoms with Crippen molar-refractivity contribution in [1.29, 1.82) is 0 Å². The van der Waals surface area contributed by atoms with Gasteiger partial charge in [-0.3, -0.25) is 4.79 Å². The Bertz CT molecular complexity index is 303. The second kappa shape index (κ2) is 2.08. The summed E-state index contributed by atoms with van der Waals surface area (Å²) < 4.78 is 1.82. The van der Waals surface area contributed by atoms with E-state index in [0.29, 0.717) is 13.0 Å². The molecule has 0 aliphatic carbocycles. The molecule has 0 bridgehead atoms. The van der Waals surface area contributed by atoms with Crippen LogP contribution >= 0.6 is 0 Å². The molecule has 2 rings (SSSR count). The Hall–Kier alpha value is -1.32. The van der Waals surface area contributed by atoms with Gasteiger partial charge in [0.1, 0.15) is 5.82 Å². The molecule has 1 aliphatic rings. The highest BCUT2D eigenvalue weighted by atomic mass is 16.1. The third-order valence-corrected chi connectivity index (χ3v) is 1.72. The highest BCUT2D eigenvalue weighted by Gasteiger charge is 2.14. The molecule has 1 aromatic rings. The van der Waals surface area contributed by atoms with Crippen LogP contribution in [0.25, 0.3) is 0 Å². The van der Waals surface area contributed by atoms with Crippen LogP contribution in [0.4, 0.5) is 5.82 Å². The lowest BCUT2D eigenvalue weighted by atomic mass is 10.3. The van der Waals surface area contributed by atoms with Crippen LogP contribution in [0.3, 0.4) is 0 Å². The molecule has 0 spiro atoms. The minimum atomic E-state index is 0.0809. The van der Waals surface area contributed by atoms with Gasteiger partial charge in [-0.25, -0.2) is 4.68 Å². The molecule has 0 atom stereocenters. The number of carbonyl (C=O) groups excluding carboxylic acids is 1. The van der Waals surface area contributed by atoms with E-state index >= 15 is 0 Å². The summed E-state index contributed by atoms with van der Waals surface area (Å²) in [7, 11) is 0. The highest BCUT2D eigenvalue weighted by molar-refractivity contribution is 5.91. The molecule has 0 saturated heterocycles. The van der Waals surface area contributed by atoms with Gasteiger partial charge in [0.15, 0.2) is 0 Å². The number of amides is 1. The first-order valence-electron chi connectivity index (χ1n) is 3.60. The lowest BCUT2D eigenvalue weighted by molar-refractivity contribution is -0.116. The standard InChI is InChI=1S/C7H9N3O/c1-5-4-6-8-7(11)2-3-10(6)9-5/h4H,2-3H2,1H3,(H,8,11). The molecule has 1 aromatic heterocycles. The number of rotatable bonds is 0. The molecular formula is C7H9N3O. The first-order chi connectivity index (χ1) is 5.25. The van der Waals surface area contributed by atoms with Crippen molar-refractivity contribution in [2.45, 2.75) is 19.9 Å². The number of aryl methyl sites for hydroxylation is 2. The van der Waals surface area contributed by atoms with Crippen LogP contribution in [0.1, 0.15) is 12.1 Å². The van der Waals surface area contributed by atoms with Crippen molar-refractivity contribution < 1.29 is 4.79 Å². The van der Waals surface area contributed by atoms with Crippen molar-refractivity contribution in [3.8, 4) is 0 Å². The molecule has 1 aliphatic heterocycles. The van der Waals surface area contributed by atoms with Gasteiger partial charge in [-0.1, -0.05) is 0 Å². The van der Waals surface area contributed by atoms with E-state index in [2.05, 4.69) is 10.4 Å². The van der Waals surface area contributed by atoms with Gasteiger partial charge in [-0.2, -0.15) is 5.10 Å². The van der Waals surface area contributed by atoms with Crippen molar-refractivity contribution in [2.75, 3.05) is 5.32 Å². The Morgan fingerprint density at radius 2 is 2.55 bits per heavy atom. The zero-order chi connectivity index (χ0) is 7.84. The SMILES string of the molecule is Cc1cc2n(n1)CCC(=O)N2. The maximum absolute atomic E-state index is 10.9. The monoisotopic (exact) mass is 151 g/mol. The topological polar surface area (TPSA) is 46.9 Å². The Morgan fingerprint density at radius 3 is 3.36 bits per heavy atom. The van der Waals surface area contributed by atoms with Crippen LogP contribution in [-0.4, -0.2) is 15.7 Å². The van der Waals surface area contributed by atoms with Gasteiger partial charge in [0, 0.05) is 12.5 Å². The molecule has 0 saturated carbocycles. The summed E-state index contributed by atoms with van der Waals surface area (Å²) in [5, 5.41) is 6.93. The predicted octanol–water partition coefficient (Wildman–Crippen LogP) is 0.534. The summed E-state index contributed by atoms with van der Waals surface area (Å²) in [6.45, 7) is 2.62. The van der Waals surface area contributed by atoms with Crippen LogP contribution in [0.2, 0.25) is 0 Å². The van der Waals surface area contributed by atoms with E-state index in [1.165, 1.54) is 0 Å². The minimum Gasteiger partial charge on any atom is -0.311 e. The molecule has 1 amide bonds. The largest absolute Gasteiger partial charge is 0.311 e. The van der Waals surface area contributed by atoms with E-state index in [4.69, 9.17) is 0 Å². The summed E-state index contributed by atoms with van der Waals surface area (Å²) in [6, 6.07) is 1.87. The number of nitrogens with zero attached hydrogens (tertiary/aromatic N) is 2. The Balaban J connectivity index is 2.41. The third-order valence-electron chi connectivity index (χ3n) is 1.72. The molecular weight excluding hydrogens is 142 g/mol. The number of hydrogen-bond donors (Lipinski definition) is 1. The molecule has 4 nitrogen and oxygen atoms in total. The Kier molecular flexibility index (Phi) is 1.21. The molecule has 2 heterocycles. The fraction of sp³-hybridized carbons (Fsp3) is 0.429. The molecule has 0 radical (unpaired) electrons. The number of hydrogen-bond acceptors (Lipinski definition) is 2. The van der Waals surface area contributed by atoms with Crippen molar-refractivity contribution in [2.24, 2.45) is 0 Å². The van der Waals surface area contributed by atoms with Crippen molar-refractivity contribution in [3.63, 3.8) is 0 Å². The quantitative estimate of drug-likeness (QED) is 0.588. The van der Waals surface area contributed by atoms with Gasteiger partial charge in [0.2, 0.25) is 5.91 Å². The molecule has 0 aromatic carbocycles.